The van der Waals surface area contributed by atoms with E-state index in [0.29, 0.717) is 5.56 Å². The molecule has 0 saturated heterocycles. The van der Waals surface area contributed by atoms with Gasteiger partial charge in [-0.1, -0.05) is 51.1 Å². The van der Waals surface area contributed by atoms with E-state index >= 15 is 0 Å². The van der Waals surface area contributed by atoms with Crippen molar-refractivity contribution in [2.45, 2.75) is 33.6 Å². The molecule has 0 bridgehead atoms. The lowest BCUT2D eigenvalue weighted by Crippen LogP contribution is -2.15. The summed E-state index contributed by atoms with van der Waals surface area (Å²) in [6.07, 6.45) is 2.05. The van der Waals surface area contributed by atoms with Gasteiger partial charge in [0.25, 0.3) is 5.91 Å². The number of carbonyl (C=O) groups is 1. The number of carbonyl (C=O) groups excluding carboxylic acids is 1. The fourth-order valence-corrected chi connectivity index (χ4v) is 2.84. The first-order valence-electron chi connectivity index (χ1n) is 7.50. The maximum absolute atomic E-state index is 12.5. The number of hydrogen-bond donors (Lipinski definition) is 1. The first-order valence-corrected chi connectivity index (χ1v) is 8.58. The molecule has 116 valence electrons. The van der Waals surface area contributed by atoms with Crippen LogP contribution in [0.3, 0.4) is 0 Å². The van der Waals surface area contributed by atoms with Crippen molar-refractivity contribution in [3.63, 3.8) is 0 Å². The van der Waals surface area contributed by atoms with Crippen LogP contribution in [-0.2, 0) is 6.42 Å². The predicted octanol–water partition coefficient (Wildman–Crippen LogP) is 5.52. The van der Waals surface area contributed by atoms with Crippen LogP contribution >= 0.6 is 22.6 Å². The van der Waals surface area contributed by atoms with E-state index < -0.39 is 0 Å². The number of halogens is 1. The third-order valence-electron chi connectivity index (χ3n) is 3.53. The fourth-order valence-electron chi connectivity index (χ4n) is 2.20. The molecule has 1 N–H and O–H groups in total. The molecule has 0 aliphatic heterocycles. The molecule has 0 heterocycles. The molecule has 2 aromatic carbocycles. The van der Waals surface area contributed by atoms with E-state index in [1.807, 2.05) is 42.5 Å². The minimum absolute atomic E-state index is 0.0480. The molecular weight excluding hydrogens is 385 g/mol. The molecule has 0 atom stereocenters. The Kier molecular flexibility index (Phi) is 5.62. The van der Waals surface area contributed by atoms with Gasteiger partial charge in [-0.05, 0) is 64.6 Å². The maximum atomic E-state index is 12.5. The summed E-state index contributed by atoms with van der Waals surface area (Å²) >= 11 is 2.19. The number of amides is 1. The van der Waals surface area contributed by atoms with Crippen LogP contribution in [0.5, 0.6) is 0 Å². The van der Waals surface area contributed by atoms with Gasteiger partial charge in [0.1, 0.15) is 0 Å². The molecule has 3 heteroatoms. The highest BCUT2D eigenvalue weighted by Crippen LogP contribution is 2.25. The lowest BCUT2D eigenvalue weighted by Gasteiger charge is -2.19. The minimum atomic E-state index is -0.0480. The smallest absolute Gasteiger partial charge is 0.256 e. The van der Waals surface area contributed by atoms with Crippen LogP contribution in [0.1, 0.15) is 43.1 Å². The van der Waals surface area contributed by atoms with Crippen molar-refractivity contribution < 1.29 is 4.79 Å². The molecule has 1 amide bonds. The standard InChI is InChI=1S/C19H22INO/c1-19(2,3)13-12-14-8-4-7-11-17(14)21-18(22)15-9-5-6-10-16(15)20/h4-11H,12-13H2,1-3H3,(H,21,22). The first-order chi connectivity index (χ1) is 10.4. The van der Waals surface area contributed by atoms with Gasteiger partial charge >= 0.3 is 0 Å². The fraction of sp³-hybridized carbons (Fsp3) is 0.316. The van der Waals surface area contributed by atoms with E-state index in [9.17, 15) is 4.79 Å². The van der Waals surface area contributed by atoms with Crippen LogP contribution in [0, 0.1) is 8.99 Å². The molecule has 22 heavy (non-hydrogen) atoms. The number of aryl methyl sites for hydroxylation is 1. The second-order valence-electron chi connectivity index (χ2n) is 6.65. The van der Waals surface area contributed by atoms with Crippen molar-refractivity contribution >= 4 is 34.2 Å². The average molecular weight is 407 g/mol. The maximum Gasteiger partial charge on any atom is 0.256 e. The van der Waals surface area contributed by atoms with Gasteiger partial charge in [0.05, 0.1) is 5.56 Å². The normalized spacial score (nSPS) is 11.3. The Balaban J connectivity index is 2.16. The number of anilines is 1. The summed E-state index contributed by atoms with van der Waals surface area (Å²) in [7, 11) is 0. The van der Waals surface area contributed by atoms with Gasteiger partial charge in [-0.15, -0.1) is 0 Å². The quantitative estimate of drug-likeness (QED) is 0.665. The molecule has 2 aromatic rings. The zero-order valence-electron chi connectivity index (χ0n) is 13.3. The lowest BCUT2D eigenvalue weighted by atomic mass is 9.88. The van der Waals surface area contributed by atoms with Crippen LogP contribution in [-0.4, -0.2) is 5.91 Å². The van der Waals surface area contributed by atoms with Gasteiger partial charge in [0.2, 0.25) is 0 Å². The Morgan fingerprint density at radius 3 is 2.36 bits per heavy atom. The molecule has 0 aliphatic rings. The molecule has 0 fully saturated rings. The topological polar surface area (TPSA) is 29.1 Å². The van der Waals surface area contributed by atoms with Crippen molar-refractivity contribution in [2.24, 2.45) is 5.41 Å². The number of benzene rings is 2. The van der Waals surface area contributed by atoms with E-state index in [1.165, 1.54) is 5.56 Å². The summed E-state index contributed by atoms with van der Waals surface area (Å²) in [6, 6.07) is 15.7. The largest absolute Gasteiger partial charge is 0.322 e. The molecule has 0 unspecified atom stereocenters. The van der Waals surface area contributed by atoms with E-state index in [0.717, 1.165) is 22.1 Å². The Labute approximate surface area is 146 Å². The van der Waals surface area contributed by atoms with E-state index in [2.05, 4.69) is 54.7 Å². The summed E-state index contributed by atoms with van der Waals surface area (Å²) in [5, 5.41) is 3.06. The molecule has 0 saturated carbocycles. The monoisotopic (exact) mass is 407 g/mol. The van der Waals surface area contributed by atoms with Gasteiger partial charge in [0, 0.05) is 9.26 Å². The SMILES string of the molecule is CC(C)(C)CCc1ccccc1NC(=O)c1ccccc1I. The van der Waals surface area contributed by atoms with Gasteiger partial charge < -0.3 is 5.32 Å². The second kappa shape index (κ2) is 7.27. The first kappa shape index (κ1) is 17.0. The Morgan fingerprint density at radius 1 is 1.05 bits per heavy atom. The zero-order chi connectivity index (χ0) is 16.2. The zero-order valence-corrected chi connectivity index (χ0v) is 15.5. The number of hydrogen-bond acceptors (Lipinski definition) is 1. The summed E-state index contributed by atoms with van der Waals surface area (Å²) in [6.45, 7) is 6.71. The third kappa shape index (κ3) is 4.83. The molecule has 0 aromatic heterocycles. The Morgan fingerprint density at radius 2 is 1.68 bits per heavy atom. The Bertz CT molecular complexity index is 658. The van der Waals surface area contributed by atoms with Crippen molar-refractivity contribution in [3.8, 4) is 0 Å². The minimum Gasteiger partial charge on any atom is -0.322 e. The highest BCUT2D eigenvalue weighted by molar-refractivity contribution is 14.1. The summed E-state index contributed by atoms with van der Waals surface area (Å²) in [4.78, 5) is 12.5. The van der Waals surface area contributed by atoms with Crippen LogP contribution in [0.4, 0.5) is 5.69 Å². The summed E-state index contributed by atoms with van der Waals surface area (Å²) in [5.41, 5.74) is 3.10. The van der Waals surface area contributed by atoms with Gasteiger partial charge in [0.15, 0.2) is 0 Å². The van der Waals surface area contributed by atoms with Gasteiger partial charge in [-0.2, -0.15) is 0 Å². The van der Waals surface area contributed by atoms with Crippen LogP contribution < -0.4 is 5.32 Å². The molecule has 2 nitrogen and oxygen atoms in total. The van der Waals surface area contributed by atoms with Crippen molar-refractivity contribution in [1.82, 2.24) is 0 Å². The van der Waals surface area contributed by atoms with E-state index in [1.54, 1.807) is 0 Å². The highest BCUT2D eigenvalue weighted by atomic mass is 127. The lowest BCUT2D eigenvalue weighted by molar-refractivity contribution is 0.102. The van der Waals surface area contributed by atoms with Gasteiger partial charge in [-0.25, -0.2) is 0 Å². The third-order valence-corrected chi connectivity index (χ3v) is 4.47. The van der Waals surface area contributed by atoms with E-state index in [-0.39, 0.29) is 11.3 Å². The number of nitrogens with one attached hydrogen (secondary N) is 1. The van der Waals surface area contributed by atoms with E-state index in [4.69, 9.17) is 0 Å². The molecule has 2 rings (SSSR count). The molecule has 0 spiro atoms. The Hall–Kier alpha value is -1.36. The molecule has 0 radical (unpaired) electrons. The van der Waals surface area contributed by atoms with Gasteiger partial charge in [-0.3, -0.25) is 4.79 Å². The molecule has 0 aliphatic carbocycles. The summed E-state index contributed by atoms with van der Waals surface area (Å²) in [5.74, 6) is -0.0480. The van der Waals surface area contributed by atoms with Crippen molar-refractivity contribution in [3.05, 3.63) is 63.2 Å². The van der Waals surface area contributed by atoms with Crippen LogP contribution in [0.15, 0.2) is 48.5 Å². The van der Waals surface area contributed by atoms with Crippen molar-refractivity contribution in [2.75, 3.05) is 5.32 Å². The summed E-state index contributed by atoms with van der Waals surface area (Å²) < 4.78 is 0.963. The van der Waals surface area contributed by atoms with Crippen molar-refractivity contribution in [1.29, 1.82) is 0 Å². The predicted molar refractivity (Wildman–Crippen MR) is 101 cm³/mol. The molecular formula is C19H22INO. The number of para-hydroxylation sites is 1. The second-order valence-corrected chi connectivity index (χ2v) is 7.81. The average Bonchev–Trinajstić information content (AvgIpc) is 2.46. The van der Waals surface area contributed by atoms with Crippen LogP contribution in [0.25, 0.3) is 0 Å². The highest BCUT2D eigenvalue weighted by Gasteiger charge is 2.14. The van der Waals surface area contributed by atoms with Crippen LogP contribution in [0.2, 0.25) is 0 Å². The number of rotatable bonds is 4.